The Hall–Kier alpha value is -1.10. The lowest BCUT2D eigenvalue weighted by Gasteiger charge is -2.23. The van der Waals surface area contributed by atoms with Crippen molar-refractivity contribution in [1.82, 2.24) is 10.2 Å². The number of aliphatic carboxylic acids is 1. The lowest BCUT2D eigenvalue weighted by atomic mass is 9.95. The maximum absolute atomic E-state index is 12.2. The Balaban J connectivity index is 2.56. The number of amides is 1. The molecule has 1 amide bonds. The minimum Gasteiger partial charge on any atom is -0.481 e. The molecule has 0 spiro atoms. The molecular formula is C13H24N2O3. The van der Waals surface area contributed by atoms with Crippen LogP contribution >= 0.6 is 0 Å². The van der Waals surface area contributed by atoms with Gasteiger partial charge in [-0.3, -0.25) is 9.59 Å². The third-order valence-corrected chi connectivity index (χ3v) is 3.73. The summed E-state index contributed by atoms with van der Waals surface area (Å²) in [4.78, 5) is 25.1. The molecule has 1 aliphatic carbocycles. The van der Waals surface area contributed by atoms with E-state index in [-0.39, 0.29) is 11.8 Å². The summed E-state index contributed by atoms with van der Waals surface area (Å²) in [6, 6.07) is 0. The van der Waals surface area contributed by atoms with Crippen molar-refractivity contribution in [3.05, 3.63) is 0 Å². The first kappa shape index (κ1) is 15.0. The fourth-order valence-electron chi connectivity index (χ4n) is 2.72. The van der Waals surface area contributed by atoms with Gasteiger partial charge in [0.25, 0.3) is 0 Å². The number of carboxylic acids is 1. The average Bonchev–Trinajstić information content (AvgIpc) is 2.70. The number of nitrogens with one attached hydrogen (secondary N) is 1. The Bertz CT molecular complexity index is 307. The molecule has 1 aliphatic rings. The predicted molar refractivity (Wildman–Crippen MR) is 69.2 cm³/mol. The van der Waals surface area contributed by atoms with Crippen molar-refractivity contribution in [3.8, 4) is 0 Å². The summed E-state index contributed by atoms with van der Waals surface area (Å²) in [5.41, 5.74) is 0. The highest BCUT2D eigenvalue weighted by Crippen LogP contribution is 2.37. The summed E-state index contributed by atoms with van der Waals surface area (Å²) in [6.45, 7) is 3.56. The van der Waals surface area contributed by atoms with E-state index in [2.05, 4.69) is 5.32 Å². The van der Waals surface area contributed by atoms with Crippen LogP contribution in [-0.4, -0.2) is 49.1 Å². The zero-order valence-electron chi connectivity index (χ0n) is 11.5. The molecule has 0 aliphatic heterocycles. The van der Waals surface area contributed by atoms with E-state index in [1.165, 1.54) is 0 Å². The summed E-state index contributed by atoms with van der Waals surface area (Å²) < 4.78 is 0. The summed E-state index contributed by atoms with van der Waals surface area (Å²) in [6.07, 6.45) is 2.21. The van der Waals surface area contributed by atoms with Crippen molar-refractivity contribution in [3.63, 3.8) is 0 Å². The number of carboxylic acid groups (broad SMARTS) is 1. The van der Waals surface area contributed by atoms with Gasteiger partial charge in [0.15, 0.2) is 0 Å². The van der Waals surface area contributed by atoms with E-state index in [9.17, 15) is 9.59 Å². The van der Waals surface area contributed by atoms with Crippen LogP contribution in [0.25, 0.3) is 0 Å². The maximum atomic E-state index is 12.2. The predicted octanol–water partition coefficient (Wildman–Crippen LogP) is 0.801. The highest BCUT2D eigenvalue weighted by atomic mass is 16.4. The van der Waals surface area contributed by atoms with Crippen LogP contribution in [0.2, 0.25) is 0 Å². The first-order valence-corrected chi connectivity index (χ1v) is 6.59. The first-order chi connectivity index (χ1) is 8.47. The molecule has 3 atom stereocenters. The second kappa shape index (κ2) is 6.73. The summed E-state index contributed by atoms with van der Waals surface area (Å²) in [5, 5.41) is 12.2. The van der Waals surface area contributed by atoms with Crippen LogP contribution in [0.5, 0.6) is 0 Å². The molecule has 1 unspecified atom stereocenters. The van der Waals surface area contributed by atoms with Gasteiger partial charge in [0.05, 0.1) is 11.8 Å². The highest BCUT2D eigenvalue weighted by Gasteiger charge is 2.42. The van der Waals surface area contributed by atoms with E-state index in [1.807, 2.05) is 14.0 Å². The first-order valence-electron chi connectivity index (χ1n) is 6.59. The standard InChI is InChI=1S/C13H24N2O3/c1-9-7-10(11(8-9)13(17)18)12(16)15(3)6-4-5-14-2/h9-11,14H,4-8H2,1-3H3,(H,17,18)/t9?,10-,11+/m0/s1. The van der Waals surface area contributed by atoms with Gasteiger partial charge in [-0.05, 0) is 38.8 Å². The third-order valence-electron chi connectivity index (χ3n) is 3.73. The van der Waals surface area contributed by atoms with Crippen LogP contribution in [0.4, 0.5) is 0 Å². The second-order valence-electron chi connectivity index (χ2n) is 5.34. The molecule has 1 fully saturated rings. The van der Waals surface area contributed by atoms with E-state index < -0.39 is 11.9 Å². The number of rotatable bonds is 6. The molecule has 104 valence electrons. The minimum atomic E-state index is -0.832. The van der Waals surface area contributed by atoms with E-state index >= 15 is 0 Å². The normalized spacial score (nSPS) is 27.2. The molecule has 0 heterocycles. The third kappa shape index (κ3) is 3.70. The Morgan fingerprint density at radius 2 is 1.94 bits per heavy atom. The van der Waals surface area contributed by atoms with Gasteiger partial charge in [0, 0.05) is 13.6 Å². The van der Waals surface area contributed by atoms with Crippen LogP contribution in [0.15, 0.2) is 0 Å². The van der Waals surface area contributed by atoms with E-state index in [1.54, 1.807) is 11.9 Å². The smallest absolute Gasteiger partial charge is 0.307 e. The van der Waals surface area contributed by atoms with Gasteiger partial charge in [0.1, 0.15) is 0 Å². The monoisotopic (exact) mass is 256 g/mol. The van der Waals surface area contributed by atoms with Gasteiger partial charge in [-0.1, -0.05) is 6.92 Å². The number of carbonyl (C=O) groups is 2. The fraction of sp³-hybridized carbons (Fsp3) is 0.846. The fourth-order valence-corrected chi connectivity index (χ4v) is 2.72. The van der Waals surface area contributed by atoms with Crippen LogP contribution in [0, 0.1) is 17.8 Å². The zero-order valence-corrected chi connectivity index (χ0v) is 11.5. The SMILES string of the molecule is CNCCCN(C)C(=O)[C@H]1CC(C)C[C@H]1C(=O)O. The van der Waals surface area contributed by atoms with Crippen LogP contribution in [-0.2, 0) is 9.59 Å². The molecule has 0 aromatic carbocycles. The Kier molecular flexibility index (Phi) is 5.59. The zero-order chi connectivity index (χ0) is 13.7. The highest BCUT2D eigenvalue weighted by molar-refractivity contribution is 5.85. The van der Waals surface area contributed by atoms with Gasteiger partial charge < -0.3 is 15.3 Å². The Morgan fingerprint density at radius 1 is 1.33 bits per heavy atom. The lowest BCUT2D eigenvalue weighted by molar-refractivity contribution is -0.148. The minimum absolute atomic E-state index is 0.0112. The van der Waals surface area contributed by atoms with Crippen LogP contribution < -0.4 is 5.32 Å². The van der Waals surface area contributed by atoms with Crippen molar-refractivity contribution >= 4 is 11.9 Å². The largest absolute Gasteiger partial charge is 0.481 e. The van der Waals surface area contributed by atoms with Crippen molar-refractivity contribution < 1.29 is 14.7 Å². The molecule has 0 bridgehead atoms. The molecule has 1 saturated carbocycles. The van der Waals surface area contributed by atoms with E-state index in [4.69, 9.17) is 5.11 Å². The number of hydrogen-bond acceptors (Lipinski definition) is 3. The molecule has 0 saturated heterocycles. The van der Waals surface area contributed by atoms with Crippen LogP contribution in [0.1, 0.15) is 26.2 Å². The van der Waals surface area contributed by atoms with Crippen molar-refractivity contribution in [2.24, 2.45) is 17.8 Å². The molecule has 0 radical (unpaired) electrons. The summed E-state index contributed by atoms with van der Waals surface area (Å²) in [5.74, 6) is -1.36. The average molecular weight is 256 g/mol. The molecule has 5 nitrogen and oxygen atoms in total. The Labute approximate surface area is 109 Å². The van der Waals surface area contributed by atoms with Gasteiger partial charge in [-0.15, -0.1) is 0 Å². The molecule has 1 rings (SSSR count). The van der Waals surface area contributed by atoms with E-state index in [0.29, 0.717) is 25.3 Å². The number of nitrogens with zero attached hydrogens (tertiary/aromatic N) is 1. The van der Waals surface area contributed by atoms with Gasteiger partial charge >= 0.3 is 5.97 Å². The quantitative estimate of drug-likeness (QED) is 0.690. The topological polar surface area (TPSA) is 69.6 Å². The molecular weight excluding hydrogens is 232 g/mol. The molecule has 18 heavy (non-hydrogen) atoms. The summed E-state index contributed by atoms with van der Waals surface area (Å²) >= 11 is 0. The van der Waals surface area contributed by atoms with Gasteiger partial charge in [0.2, 0.25) is 5.91 Å². The van der Waals surface area contributed by atoms with Crippen molar-refractivity contribution in [1.29, 1.82) is 0 Å². The number of carbonyl (C=O) groups excluding carboxylic acids is 1. The molecule has 2 N–H and O–H groups in total. The summed E-state index contributed by atoms with van der Waals surface area (Å²) in [7, 11) is 3.64. The van der Waals surface area contributed by atoms with Crippen molar-refractivity contribution in [2.75, 3.05) is 27.2 Å². The van der Waals surface area contributed by atoms with Gasteiger partial charge in [-0.25, -0.2) is 0 Å². The molecule has 0 aromatic heterocycles. The Morgan fingerprint density at radius 3 is 2.50 bits per heavy atom. The van der Waals surface area contributed by atoms with E-state index in [0.717, 1.165) is 13.0 Å². The number of hydrogen-bond donors (Lipinski definition) is 2. The lowest BCUT2D eigenvalue weighted by Crippen LogP contribution is -2.37. The van der Waals surface area contributed by atoms with Crippen LogP contribution in [0.3, 0.4) is 0 Å². The maximum Gasteiger partial charge on any atom is 0.307 e. The second-order valence-corrected chi connectivity index (χ2v) is 5.34. The molecule has 5 heteroatoms. The molecule has 0 aromatic rings. The van der Waals surface area contributed by atoms with Gasteiger partial charge in [-0.2, -0.15) is 0 Å². The van der Waals surface area contributed by atoms with Crippen molar-refractivity contribution in [2.45, 2.75) is 26.2 Å².